The zero-order chi connectivity index (χ0) is 14.8. The third-order valence-electron chi connectivity index (χ3n) is 3.74. The first kappa shape index (κ1) is 13.8. The summed E-state index contributed by atoms with van der Waals surface area (Å²) in [7, 11) is 1.40. The first-order valence-electron chi connectivity index (χ1n) is 6.73. The van der Waals surface area contributed by atoms with Gasteiger partial charge in [-0.15, -0.1) is 0 Å². The number of amides is 1. The molecule has 1 atom stereocenters. The van der Waals surface area contributed by atoms with E-state index >= 15 is 0 Å². The SMILES string of the molecule is COC(=O)[C@H]1CCN(C(=O)c2ccsc2)c2ccccc21. The van der Waals surface area contributed by atoms with Crippen LogP contribution in [0, 0.1) is 0 Å². The molecule has 1 amide bonds. The lowest BCUT2D eigenvalue weighted by molar-refractivity contribution is -0.142. The summed E-state index contributed by atoms with van der Waals surface area (Å²) in [6.45, 7) is 0.519. The van der Waals surface area contributed by atoms with Gasteiger partial charge in [-0.3, -0.25) is 9.59 Å². The minimum Gasteiger partial charge on any atom is -0.469 e. The van der Waals surface area contributed by atoms with E-state index in [0.717, 1.165) is 11.3 Å². The number of carbonyl (C=O) groups is 2. The summed E-state index contributed by atoms with van der Waals surface area (Å²) >= 11 is 1.50. The maximum absolute atomic E-state index is 12.6. The van der Waals surface area contributed by atoms with Gasteiger partial charge in [0.2, 0.25) is 0 Å². The molecule has 108 valence electrons. The smallest absolute Gasteiger partial charge is 0.313 e. The summed E-state index contributed by atoms with van der Waals surface area (Å²) < 4.78 is 4.87. The number of esters is 1. The first-order valence-corrected chi connectivity index (χ1v) is 7.67. The minimum atomic E-state index is -0.294. The van der Waals surface area contributed by atoms with Gasteiger partial charge in [0.25, 0.3) is 5.91 Å². The van der Waals surface area contributed by atoms with Crippen LogP contribution in [0.15, 0.2) is 41.1 Å². The van der Waals surface area contributed by atoms with Crippen LogP contribution in [0.1, 0.15) is 28.3 Å². The Morgan fingerprint density at radius 1 is 1.29 bits per heavy atom. The number of benzene rings is 1. The lowest BCUT2D eigenvalue weighted by atomic mass is 9.89. The van der Waals surface area contributed by atoms with Crippen molar-refractivity contribution in [3.8, 4) is 0 Å². The van der Waals surface area contributed by atoms with Gasteiger partial charge in [-0.2, -0.15) is 11.3 Å². The maximum Gasteiger partial charge on any atom is 0.313 e. The Morgan fingerprint density at radius 3 is 2.81 bits per heavy atom. The lowest BCUT2D eigenvalue weighted by Crippen LogP contribution is -2.38. The lowest BCUT2D eigenvalue weighted by Gasteiger charge is -2.33. The molecule has 1 aliphatic heterocycles. The number of thiophene rings is 1. The van der Waals surface area contributed by atoms with Crippen molar-refractivity contribution in [2.75, 3.05) is 18.6 Å². The number of hydrogen-bond donors (Lipinski definition) is 0. The van der Waals surface area contributed by atoms with E-state index in [2.05, 4.69) is 0 Å². The fraction of sp³-hybridized carbons (Fsp3) is 0.250. The summed E-state index contributed by atoms with van der Waals surface area (Å²) in [5.74, 6) is -0.560. The van der Waals surface area contributed by atoms with Crippen molar-refractivity contribution < 1.29 is 14.3 Å². The minimum absolute atomic E-state index is 0.0213. The number of para-hydroxylation sites is 1. The van der Waals surface area contributed by atoms with Gasteiger partial charge in [-0.05, 0) is 29.5 Å². The van der Waals surface area contributed by atoms with Crippen LogP contribution in [0.4, 0.5) is 5.69 Å². The van der Waals surface area contributed by atoms with E-state index in [9.17, 15) is 9.59 Å². The predicted molar refractivity (Wildman–Crippen MR) is 81.8 cm³/mol. The highest BCUT2D eigenvalue weighted by atomic mass is 32.1. The number of ether oxygens (including phenoxy) is 1. The van der Waals surface area contributed by atoms with Crippen LogP contribution in [-0.4, -0.2) is 25.5 Å². The molecule has 1 aliphatic rings. The van der Waals surface area contributed by atoms with E-state index in [1.54, 1.807) is 4.90 Å². The average molecular weight is 301 g/mol. The van der Waals surface area contributed by atoms with Crippen molar-refractivity contribution in [1.29, 1.82) is 0 Å². The molecule has 1 aromatic heterocycles. The van der Waals surface area contributed by atoms with E-state index < -0.39 is 0 Å². The molecule has 2 aromatic rings. The molecule has 4 nitrogen and oxygen atoms in total. The number of fused-ring (bicyclic) bond motifs is 1. The molecule has 21 heavy (non-hydrogen) atoms. The molecular formula is C16H15NO3S. The van der Waals surface area contributed by atoms with Gasteiger partial charge >= 0.3 is 5.97 Å². The fourth-order valence-electron chi connectivity index (χ4n) is 2.70. The van der Waals surface area contributed by atoms with Gasteiger partial charge in [-0.25, -0.2) is 0 Å². The summed E-state index contributed by atoms with van der Waals surface area (Å²) in [4.78, 5) is 26.2. The van der Waals surface area contributed by atoms with Crippen LogP contribution in [-0.2, 0) is 9.53 Å². The first-order chi connectivity index (χ1) is 10.2. The summed E-state index contributed by atoms with van der Waals surface area (Å²) in [5.41, 5.74) is 2.35. The van der Waals surface area contributed by atoms with Crippen molar-refractivity contribution in [3.63, 3.8) is 0 Å². The standard InChI is InChI=1S/C16H15NO3S/c1-20-16(19)13-6-8-17(14-5-3-2-4-12(13)14)15(18)11-7-9-21-10-11/h2-5,7,9-10,13H,6,8H2,1H3/t13-/m0/s1. The van der Waals surface area contributed by atoms with Crippen LogP contribution in [0.2, 0.25) is 0 Å². The molecule has 1 aromatic carbocycles. The third kappa shape index (κ3) is 2.45. The average Bonchev–Trinajstić information content (AvgIpc) is 3.07. The Morgan fingerprint density at radius 2 is 2.10 bits per heavy atom. The number of methoxy groups -OCH3 is 1. The Balaban J connectivity index is 1.98. The highest BCUT2D eigenvalue weighted by molar-refractivity contribution is 7.08. The Labute approximate surface area is 127 Å². The second-order valence-corrected chi connectivity index (χ2v) is 5.67. The largest absolute Gasteiger partial charge is 0.469 e. The number of rotatable bonds is 2. The molecule has 5 heteroatoms. The molecule has 0 radical (unpaired) electrons. The molecule has 2 heterocycles. The molecule has 0 fully saturated rings. The normalized spacial score (nSPS) is 17.2. The van der Waals surface area contributed by atoms with E-state index in [4.69, 9.17) is 4.74 Å². The predicted octanol–water partition coefficient (Wildman–Crippen LogP) is 3.06. The van der Waals surface area contributed by atoms with E-state index in [-0.39, 0.29) is 17.8 Å². The fourth-order valence-corrected chi connectivity index (χ4v) is 3.33. The van der Waals surface area contributed by atoms with Crippen molar-refractivity contribution in [1.82, 2.24) is 0 Å². The maximum atomic E-state index is 12.6. The monoisotopic (exact) mass is 301 g/mol. The van der Waals surface area contributed by atoms with E-state index in [1.807, 2.05) is 41.1 Å². The Bertz CT molecular complexity index is 666. The summed E-state index contributed by atoms with van der Waals surface area (Å²) in [6, 6.07) is 9.36. The van der Waals surface area contributed by atoms with Crippen LogP contribution in [0.5, 0.6) is 0 Å². The number of nitrogens with zero attached hydrogens (tertiary/aromatic N) is 1. The van der Waals surface area contributed by atoms with Crippen LogP contribution < -0.4 is 4.90 Å². The summed E-state index contributed by atoms with van der Waals surface area (Å²) in [6.07, 6.45) is 0.583. The molecule has 0 aliphatic carbocycles. The van der Waals surface area contributed by atoms with Gasteiger partial charge < -0.3 is 9.64 Å². The van der Waals surface area contributed by atoms with Gasteiger partial charge in [-0.1, -0.05) is 18.2 Å². The quantitative estimate of drug-likeness (QED) is 0.801. The van der Waals surface area contributed by atoms with Gasteiger partial charge in [0, 0.05) is 17.6 Å². The zero-order valence-electron chi connectivity index (χ0n) is 11.6. The van der Waals surface area contributed by atoms with Gasteiger partial charge in [0.1, 0.15) is 0 Å². The highest BCUT2D eigenvalue weighted by Gasteiger charge is 2.33. The summed E-state index contributed by atoms with van der Waals surface area (Å²) in [5, 5.41) is 3.73. The molecule has 0 saturated heterocycles. The molecule has 0 bridgehead atoms. The molecule has 0 N–H and O–H groups in total. The van der Waals surface area contributed by atoms with E-state index in [0.29, 0.717) is 18.5 Å². The molecule has 0 spiro atoms. The number of hydrogen-bond acceptors (Lipinski definition) is 4. The van der Waals surface area contributed by atoms with Crippen LogP contribution in [0.25, 0.3) is 0 Å². The number of anilines is 1. The molecule has 3 rings (SSSR count). The molecule has 0 saturated carbocycles. The van der Waals surface area contributed by atoms with Gasteiger partial charge in [0.15, 0.2) is 0 Å². The Hall–Kier alpha value is -2.14. The van der Waals surface area contributed by atoms with E-state index in [1.165, 1.54) is 18.4 Å². The zero-order valence-corrected chi connectivity index (χ0v) is 12.4. The van der Waals surface area contributed by atoms with Crippen LogP contribution in [0.3, 0.4) is 0 Å². The van der Waals surface area contributed by atoms with Crippen molar-refractivity contribution >= 4 is 28.9 Å². The highest BCUT2D eigenvalue weighted by Crippen LogP contribution is 2.36. The van der Waals surface area contributed by atoms with Crippen molar-refractivity contribution in [2.45, 2.75) is 12.3 Å². The second-order valence-electron chi connectivity index (χ2n) is 4.89. The second kappa shape index (κ2) is 5.69. The van der Waals surface area contributed by atoms with Gasteiger partial charge in [0.05, 0.1) is 18.6 Å². The van der Waals surface area contributed by atoms with Crippen molar-refractivity contribution in [2.24, 2.45) is 0 Å². The van der Waals surface area contributed by atoms with Crippen LogP contribution >= 0.6 is 11.3 Å². The Kier molecular flexibility index (Phi) is 3.75. The third-order valence-corrected chi connectivity index (χ3v) is 4.43. The number of carbonyl (C=O) groups excluding carboxylic acids is 2. The topological polar surface area (TPSA) is 46.6 Å². The molecule has 0 unspecified atom stereocenters. The molecular weight excluding hydrogens is 286 g/mol. The van der Waals surface area contributed by atoms with Crippen molar-refractivity contribution in [3.05, 3.63) is 52.2 Å².